The van der Waals surface area contributed by atoms with Crippen LogP contribution >= 0.6 is 0 Å². The van der Waals surface area contributed by atoms with Crippen LogP contribution in [0.2, 0.25) is 0 Å². The molecule has 0 bridgehead atoms. The number of nitriles is 1. The quantitative estimate of drug-likeness (QED) is 0.816. The van der Waals surface area contributed by atoms with E-state index in [0.717, 1.165) is 25.7 Å². The van der Waals surface area contributed by atoms with Gasteiger partial charge in [0.2, 0.25) is 5.91 Å². The molecule has 0 aromatic carbocycles. The molecule has 0 heterocycles. The molecule has 17 heavy (non-hydrogen) atoms. The first-order valence-corrected chi connectivity index (χ1v) is 6.96. The number of rotatable bonds is 3. The Bertz CT molecular complexity index is 307. The van der Waals surface area contributed by atoms with Gasteiger partial charge in [0.1, 0.15) is 5.54 Å². The van der Waals surface area contributed by atoms with Crippen LogP contribution in [0.15, 0.2) is 0 Å². The van der Waals surface area contributed by atoms with Crippen molar-refractivity contribution in [1.82, 2.24) is 5.32 Å². The highest BCUT2D eigenvalue weighted by Crippen LogP contribution is 2.33. The van der Waals surface area contributed by atoms with E-state index in [-0.39, 0.29) is 5.91 Å². The summed E-state index contributed by atoms with van der Waals surface area (Å²) in [6.45, 7) is 0. The summed E-state index contributed by atoms with van der Waals surface area (Å²) in [5, 5.41) is 12.4. The molecule has 0 aromatic heterocycles. The Labute approximate surface area is 104 Å². The minimum absolute atomic E-state index is 0.0922. The lowest BCUT2D eigenvalue weighted by atomic mass is 9.85. The molecule has 2 fully saturated rings. The van der Waals surface area contributed by atoms with Gasteiger partial charge < -0.3 is 5.32 Å². The average Bonchev–Trinajstić information content (AvgIpc) is 3.06. The zero-order valence-corrected chi connectivity index (χ0v) is 10.5. The van der Waals surface area contributed by atoms with Crippen molar-refractivity contribution >= 4 is 5.91 Å². The van der Waals surface area contributed by atoms with Crippen molar-refractivity contribution in [3.63, 3.8) is 0 Å². The molecule has 2 rings (SSSR count). The molecule has 0 spiro atoms. The molecular weight excluding hydrogens is 212 g/mol. The van der Waals surface area contributed by atoms with Gasteiger partial charge in [-0.25, -0.2) is 0 Å². The fourth-order valence-corrected chi connectivity index (χ4v) is 2.68. The highest BCUT2D eigenvalue weighted by Gasteiger charge is 2.33. The number of hydrogen-bond donors (Lipinski definition) is 1. The Morgan fingerprint density at radius 1 is 1.18 bits per heavy atom. The molecule has 0 aliphatic heterocycles. The number of nitrogens with zero attached hydrogens (tertiary/aromatic N) is 1. The summed E-state index contributed by atoms with van der Waals surface area (Å²) in [5.74, 6) is 0.689. The molecule has 0 aromatic rings. The van der Waals surface area contributed by atoms with Gasteiger partial charge in [-0.3, -0.25) is 4.79 Å². The molecule has 0 atom stereocenters. The molecular formula is C14H22N2O. The van der Waals surface area contributed by atoms with Crippen LogP contribution in [0, 0.1) is 17.2 Å². The molecule has 0 saturated heterocycles. The van der Waals surface area contributed by atoms with Crippen molar-refractivity contribution in [3.05, 3.63) is 0 Å². The maximum absolute atomic E-state index is 11.9. The highest BCUT2D eigenvalue weighted by atomic mass is 16.1. The van der Waals surface area contributed by atoms with Crippen LogP contribution in [0.1, 0.15) is 64.2 Å². The van der Waals surface area contributed by atoms with Gasteiger partial charge in [0, 0.05) is 6.42 Å². The molecule has 2 aliphatic carbocycles. The Hall–Kier alpha value is -1.04. The fraction of sp³-hybridized carbons (Fsp3) is 0.857. The first-order valence-electron chi connectivity index (χ1n) is 6.96. The zero-order valence-electron chi connectivity index (χ0n) is 10.5. The van der Waals surface area contributed by atoms with Crippen molar-refractivity contribution < 1.29 is 4.79 Å². The molecule has 1 N–H and O–H groups in total. The van der Waals surface area contributed by atoms with E-state index in [4.69, 9.17) is 0 Å². The number of amides is 1. The van der Waals surface area contributed by atoms with Crippen LogP contribution in [0.3, 0.4) is 0 Å². The molecule has 0 unspecified atom stereocenters. The number of carbonyl (C=O) groups is 1. The van der Waals surface area contributed by atoms with Crippen molar-refractivity contribution in [1.29, 1.82) is 5.26 Å². The Balaban J connectivity index is 1.90. The second kappa shape index (κ2) is 5.53. The minimum Gasteiger partial charge on any atom is -0.338 e. The third-order valence-corrected chi connectivity index (χ3v) is 3.97. The largest absolute Gasteiger partial charge is 0.338 e. The van der Waals surface area contributed by atoms with Crippen LogP contribution in [-0.2, 0) is 4.79 Å². The van der Waals surface area contributed by atoms with Crippen molar-refractivity contribution in [2.24, 2.45) is 5.92 Å². The van der Waals surface area contributed by atoms with Crippen LogP contribution in [0.5, 0.6) is 0 Å². The van der Waals surface area contributed by atoms with Gasteiger partial charge in [-0.15, -0.1) is 0 Å². The average molecular weight is 234 g/mol. The summed E-state index contributed by atoms with van der Waals surface area (Å²) in [4.78, 5) is 11.9. The van der Waals surface area contributed by atoms with E-state index in [1.807, 2.05) is 0 Å². The van der Waals surface area contributed by atoms with E-state index >= 15 is 0 Å². The van der Waals surface area contributed by atoms with Crippen LogP contribution in [0.4, 0.5) is 0 Å². The maximum atomic E-state index is 11.9. The summed E-state index contributed by atoms with van der Waals surface area (Å²) >= 11 is 0. The van der Waals surface area contributed by atoms with E-state index in [9.17, 15) is 10.1 Å². The third-order valence-electron chi connectivity index (χ3n) is 3.97. The van der Waals surface area contributed by atoms with Crippen molar-refractivity contribution in [2.45, 2.75) is 69.7 Å². The van der Waals surface area contributed by atoms with Gasteiger partial charge in [-0.05, 0) is 31.6 Å². The monoisotopic (exact) mass is 234 g/mol. The number of carbonyl (C=O) groups excluding carboxylic acids is 1. The van der Waals surface area contributed by atoms with Crippen molar-refractivity contribution in [3.8, 4) is 6.07 Å². The molecule has 0 radical (unpaired) electrons. The van der Waals surface area contributed by atoms with Gasteiger partial charge in [0.15, 0.2) is 0 Å². The summed E-state index contributed by atoms with van der Waals surface area (Å²) in [7, 11) is 0. The summed E-state index contributed by atoms with van der Waals surface area (Å²) in [5.41, 5.74) is -0.563. The smallest absolute Gasteiger partial charge is 0.221 e. The predicted octanol–water partition coefficient (Wildman–Crippen LogP) is 2.91. The highest BCUT2D eigenvalue weighted by molar-refractivity contribution is 5.77. The number of hydrogen-bond acceptors (Lipinski definition) is 2. The van der Waals surface area contributed by atoms with E-state index in [2.05, 4.69) is 11.4 Å². The predicted molar refractivity (Wildman–Crippen MR) is 66.1 cm³/mol. The lowest BCUT2D eigenvalue weighted by molar-refractivity contribution is -0.123. The molecule has 3 nitrogen and oxygen atoms in total. The van der Waals surface area contributed by atoms with Crippen LogP contribution < -0.4 is 5.32 Å². The van der Waals surface area contributed by atoms with Crippen LogP contribution in [0.25, 0.3) is 0 Å². The third kappa shape index (κ3) is 3.73. The molecule has 2 aliphatic rings. The first-order chi connectivity index (χ1) is 8.24. The molecule has 94 valence electrons. The Morgan fingerprint density at radius 2 is 1.76 bits per heavy atom. The summed E-state index contributed by atoms with van der Waals surface area (Å²) < 4.78 is 0. The standard InChI is InChI=1S/C14H22N2O/c15-11-14(8-4-2-1-3-5-9-14)16-13(17)10-12-6-7-12/h12H,1-10H2,(H,16,17). The van der Waals surface area contributed by atoms with Gasteiger partial charge in [0.05, 0.1) is 6.07 Å². The van der Waals surface area contributed by atoms with E-state index in [1.165, 1.54) is 32.1 Å². The Kier molecular flexibility index (Phi) is 4.04. The maximum Gasteiger partial charge on any atom is 0.221 e. The van der Waals surface area contributed by atoms with Crippen LogP contribution in [-0.4, -0.2) is 11.4 Å². The fourth-order valence-electron chi connectivity index (χ4n) is 2.68. The lowest BCUT2D eigenvalue weighted by Crippen LogP contribution is -2.47. The second-order valence-corrected chi connectivity index (χ2v) is 5.66. The van der Waals surface area contributed by atoms with E-state index in [0.29, 0.717) is 12.3 Å². The molecule has 3 heteroatoms. The zero-order chi connectivity index (χ0) is 12.1. The molecule has 2 saturated carbocycles. The SMILES string of the molecule is N#CC1(NC(=O)CC2CC2)CCCCCCC1. The topological polar surface area (TPSA) is 52.9 Å². The lowest BCUT2D eigenvalue weighted by Gasteiger charge is -2.29. The van der Waals surface area contributed by atoms with Gasteiger partial charge in [-0.1, -0.05) is 32.1 Å². The van der Waals surface area contributed by atoms with E-state index < -0.39 is 5.54 Å². The second-order valence-electron chi connectivity index (χ2n) is 5.66. The van der Waals surface area contributed by atoms with Crippen molar-refractivity contribution in [2.75, 3.05) is 0 Å². The van der Waals surface area contributed by atoms with Gasteiger partial charge in [-0.2, -0.15) is 5.26 Å². The van der Waals surface area contributed by atoms with Gasteiger partial charge >= 0.3 is 0 Å². The summed E-state index contributed by atoms with van der Waals surface area (Å²) in [6.07, 6.45) is 10.5. The number of nitrogens with one attached hydrogen (secondary N) is 1. The Morgan fingerprint density at radius 3 is 2.29 bits per heavy atom. The van der Waals surface area contributed by atoms with E-state index in [1.54, 1.807) is 0 Å². The first kappa shape index (κ1) is 12.4. The minimum atomic E-state index is -0.563. The normalized spacial score (nSPS) is 24.2. The summed E-state index contributed by atoms with van der Waals surface area (Å²) in [6, 6.07) is 2.38. The molecule has 1 amide bonds. The van der Waals surface area contributed by atoms with Gasteiger partial charge in [0.25, 0.3) is 0 Å².